The van der Waals surface area contributed by atoms with Crippen molar-refractivity contribution < 1.29 is 22.0 Å². The molecule has 2 heterocycles. The van der Waals surface area contributed by atoms with Crippen LogP contribution in [0.25, 0.3) is 22.6 Å². The Morgan fingerprint density at radius 1 is 1.05 bits per heavy atom. The van der Waals surface area contributed by atoms with E-state index in [2.05, 4.69) is 15.0 Å². The number of aromatic amines is 1. The van der Waals surface area contributed by atoms with E-state index in [0.717, 1.165) is 18.2 Å². The lowest BCUT2D eigenvalue weighted by atomic mass is 10.2. The van der Waals surface area contributed by atoms with Gasteiger partial charge in [-0.3, -0.25) is 4.98 Å². The normalized spacial score (nSPS) is 12.0. The van der Waals surface area contributed by atoms with Crippen molar-refractivity contribution in [2.24, 2.45) is 0 Å². The van der Waals surface area contributed by atoms with Crippen LogP contribution in [-0.2, 0) is 6.18 Å². The Balaban J connectivity index is 2.06. The second kappa shape index (κ2) is 4.51. The van der Waals surface area contributed by atoms with Crippen LogP contribution in [0.5, 0.6) is 0 Å². The second-order valence-corrected chi connectivity index (χ2v) is 4.30. The quantitative estimate of drug-likeness (QED) is 0.692. The minimum absolute atomic E-state index is 0.0585. The van der Waals surface area contributed by atoms with Crippen LogP contribution in [0.4, 0.5) is 22.0 Å². The lowest BCUT2D eigenvalue weighted by Crippen LogP contribution is -2.05. The number of hydrogen-bond acceptors (Lipinski definition) is 2. The molecule has 0 saturated carbocycles. The van der Waals surface area contributed by atoms with Crippen LogP contribution in [-0.4, -0.2) is 15.0 Å². The van der Waals surface area contributed by atoms with Gasteiger partial charge in [0.2, 0.25) is 0 Å². The van der Waals surface area contributed by atoms with Crippen molar-refractivity contribution in [3.63, 3.8) is 0 Å². The van der Waals surface area contributed by atoms with E-state index in [1.54, 1.807) is 0 Å². The second-order valence-electron chi connectivity index (χ2n) is 4.30. The van der Waals surface area contributed by atoms with Crippen LogP contribution < -0.4 is 0 Å². The van der Waals surface area contributed by atoms with Gasteiger partial charge in [-0.1, -0.05) is 0 Å². The highest BCUT2D eigenvalue weighted by molar-refractivity contribution is 5.79. The van der Waals surface area contributed by atoms with Crippen molar-refractivity contribution in [2.75, 3.05) is 0 Å². The summed E-state index contributed by atoms with van der Waals surface area (Å²) in [6, 6.07) is 3.66. The number of aromatic nitrogens is 3. The third-order valence-corrected chi connectivity index (χ3v) is 2.84. The van der Waals surface area contributed by atoms with Crippen LogP contribution in [0.3, 0.4) is 0 Å². The summed E-state index contributed by atoms with van der Waals surface area (Å²) in [6.07, 6.45) is -3.84. The van der Waals surface area contributed by atoms with Crippen molar-refractivity contribution >= 4 is 11.0 Å². The number of benzene rings is 1. The highest BCUT2D eigenvalue weighted by Gasteiger charge is 2.30. The molecule has 0 aliphatic rings. The number of pyridine rings is 1. The zero-order chi connectivity index (χ0) is 15.2. The molecule has 3 rings (SSSR count). The molecular formula is C13H6F5N3. The monoisotopic (exact) mass is 299 g/mol. The number of hydrogen-bond donors (Lipinski definition) is 1. The van der Waals surface area contributed by atoms with E-state index in [4.69, 9.17) is 0 Å². The Morgan fingerprint density at radius 2 is 1.81 bits per heavy atom. The standard InChI is InChI=1S/C13H6F5N3/c14-7-3-8(15)11-10(4-7)20-12(21-11)9-2-1-6(5-19-9)13(16,17)18/h1-5H,(H,20,21). The molecule has 0 unspecified atom stereocenters. The number of nitrogens with one attached hydrogen (secondary N) is 1. The van der Waals surface area contributed by atoms with Gasteiger partial charge < -0.3 is 4.98 Å². The molecule has 2 aromatic heterocycles. The average Bonchev–Trinajstić information content (AvgIpc) is 2.82. The first-order valence-corrected chi connectivity index (χ1v) is 5.73. The molecule has 3 nitrogen and oxygen atoms in total. The van der Waals surface area contributed by atoms with E-state index in [-0.39, 0.29) is 22.6 Å². The molecule has 0 saturated heterocycles. The van der Waals surface area contributed by atoms with E-state index in [1.165, 1.54) is 0 Å². The van der Waals surface area contributed by atoms with E-state index < -0.39 is 23.4 Å². The molecule has 21 heavy (non-hydrogen) atoms. The Hall–Kier alpha value is -2.51. The third kappa shape index (κ3) is 2.44. The van der Waals surface area contributed by atoms with Gasteiger partial charge in [-0.05, 0) is 18.2 Å². The van der Waals surface area contributed by atoms with Crippen LogP contribution in [0.1, 0.15) is 5.56 Å². The van der Waals surface area contributed by atoms with Gasteiger partial charge in [-0.25, -0.2) is 13.8 Å². The molecule has 8 heteroatoms. The van der Waals surface area contributed by atoms with Gasteiger partial charge >= 0.3 is 6.18 Å². The van der Waals surface area contributed by atoms with Gasteiger partial charge in [-0.15, -0.1) is 0 Å². The first-order chi connectivity index (χ1) is 9.84. The maximum atomic E-state index is 13.5. The summed E-state index contributed by atoms with van der Waals surface area (Å²) < 4.78 is 63.9. The molecule has 0 aliphatic carbocycles. The Kier molecular flexibility index (Phi) is 2.89. The van der Waals surface area contributed by atoms with E-state index in [9.17, 15) is 22.0 Å². The van der Waals surface area contributed by atoms with Gasteiger partial charge in [0.05, 0.1) is 11.1 Å². The summed E-state index contributed by atoms with van der Waals surface area (Å²) in [6.45, 7) is 0. The predicted octanol–water partition coefficient (Wildman–Crippen LogP) is 3.92. The number of halogens is 5. The summed E-state index contributed by atoms with van der Waals surface area (Å²) in [4.78, 5) is 10.1. The molecule has 1 N–H and O–H groups in total. The van der Waals surface area contributed by atoms with Crippen molar-refractivity contribution in [1.29, 1.82) is 0 Å². The highest BCUT2D eigenvalue weighted by Crippen LogP contribution is 2.29. The highest BCUT2D eigenvalue weighted by atomic mass is 19.4. The number of rotatable bonds is 1. The zero-order valence-corrected chi connectivity index (χ0v) is 10.2. The first-order valence-electron chi connectivity index (χ1n) is 5.73. The SMILES string of the molecule is Fc1cc(F)c2nc(-c3ccc(C(F)(F)F)cn3)[nH]c2c1. The van der Waals surface area contributed by atoms with Crippen molar-refractivity contribution in [1.82, 2.24) is 15.0 Å². The fourth-order valence-corrected chi connectivity index (χ4v) is 1.87. The average molecular weight is 299 g/mol. The fourth-order valence-electron chi connectivity index (χ4n) is 1.87. The molecule has 0 radical (unpaired) electrons. The van der Waals surface area contributed by atoms with Crippen LogP contribution in [0.2, 0.25) is 0 Å². The summed E-state index contributed by atoms with van der Waals surface area (Å²) in [7, 11) is 0. The molecular weight excluding hydrogens is 293 g/mol. The minimum atomic E-state index is -4.49. The number of alkyl halides is 3. The van der Waals surface area contributed by atoms with Crippen LogP contribution in [0.15, 0.2) is 30.5 Å². The molecule has 0 amide bonds. The summed E-state index contributed by atoms with van der Waals surface area (Å²) in [5, 5.41) is 0. The van der Waals surface area contributed by atoms with Crippen molar-refractivity contribution in [3.05, 3.63) is 47.7 Å². The van der Waals surface area contributed by atoms with Crippen molar-refractivity contribution in [3.8, 4) is 11.5 Å². The lowest BCUT2D eigenvalue weighted by Gasteiger charge is -2.05. The number of fused-ring (bicyclic) bond motifs is 1. The van der Waals surface area contributed by atoms with E-state index >= 15 is 0 Å². The molecule has 0 spiro atoms. The van der Waals surface area contributed by atoms with Gasteiger partial charge in [0.15, 0.2) is 11.6 Å². The van der Waals surface area contributed by atoms with Gasteiger partial charge in [0.25, 0.3) is 0 Å². The summed E-state index contributed by atoms with van der Waals surface area (Å²) in [5.41, 5.74) is -0.809. The minimum Gasteiger partial charge on any atom is -0.336 e. The Bertz CT molecular complexity index is 805. The topological polar surface area (TPSA) is 41.6 Å². The Morgan fingerprint density at radius 3 is 2.43 bits per heavy atom. The lowest BCUT2D eigenvalue weighted by molar-refractivity contribution is -0.137. The first kappa shape index (κ1) is 13.5. The number of H-pyrrole nitrogens is 1. The Labute approximate surface area is 114 Å². The molecule has 0 bridgehead atoms. The number of imidazole rings is 1. The largest absolute Gasteiger partial charge is 0.417 e. The van der Waals surface area contributed by atoms with Crippen molar-refractivity contribution in [2.45, 2.75) is 6.18 Å². The van der Waals surface area contributed by atoms with E-state index in [1.807, 2.05) is 0 Å². The predicted molar refractivity (Wildman–Crippen MR) is 64.2 cm³/mol. The van der Waals surface area contributed by atoms with Gasteiger partial charge in [-0.2, -0.15) is 13.2 Å². The summed E-state index contributed by atoms with van der Waals surface area (Å²) in [5.74, 6) is -1.58. The molecule has 1 aromatic carbocycles. The molecule has 0 fully saturated rings. The molecule has 0 aliphatic heterocycles. The smallest absolute Gasteiger partial charge is 0.336 e. The van der Waals surface area contributed by atoms with Gasteiger partial charge in [0.1, 0.15) is 17.0 Å². The summed E-state index contributed by atoms with van der Waals surface area (Å²) >= 11 is 0. The zero-order valence-electron chi connectivity index (χ0n) is 10.2. The van der Waals surface area contributed by atoms with Gasteiger partial charge in [0, 0.05) is 12.3 Å². The molecule has 3 aromatic rings. The van der Waals surface area contributed by atoms with Crippen LogP contribution in [0, 0.1) is 11.6 Å². The van der Waals surface area contributed by atoms with E-state index in [0.29, 0.717) is 12.3 Å². The third-order valence-electron chi connectivity index (χ3n) is 2.84. The maximum absolute atomic E-state index is 13.5. The number of nitrogens with zero attached hydrogens (tertiary/aromatic N) is 2. The van der Waals surface area contributed by atoms with Crippen LogP contribution >= 0.6 is 0 Å². The fraction of sp³-hybridized carbons (Fsp3) is 0.0769. The molecule has 108 valence electrons. The molecule has 0 atom stereocenters. The maximum Gasteiger partial charge on any atom is 0.417 e.